The first-order chi connectivity index (χ1) is 13.2. The van der Waals surface area contributed by atoms with Gasteiger partial charge < -0.3 is 19.5 Å². The van der Waals surface area contributed by atoms with Gasteiger partial charge in [-0.15, -0.1) is 0 Å². The molecule has 0 saturated heterocycles. The van der Waals surface area contributed by atoms with Crippen LogP contribution in [0.5, 0.6) is 17.2 Å². The monoisotopic (exact) mass is 462 g/mol. The van der Waals surface area contributed by atoms with E-state index in [1.165, 1.54) is 20.3 Å². The zero-order valence-electron chi connectivity index (χ0n) is 15.1. The molecule has 0 radical (unpaired) electrons. The van der Waals surface area contributed by atoms with Crippen LogP contribution in [0.25, 0.3) is 0 Å². The molecule has 2 rings (SSSR count). The highest BCUT2D eigenvalue weighted by molar-refractivity contribution is 7.80. The number of amides is 1. The molecule has 0 aromatic heterocycles. The van der Waals surface area contributed by atoms with E-state index in [0.717, 1.165) is 0 Å². The Hall–Kier alpha value is -1.93. The molecule has 2 aromatic carbocycles. The predicted molar refractivity (Wildman–Crippen MR) is 115 cm³/mol. The quantitative estimate of drug-likeness (QED) is 0.591. The van der Waals surface area contributed by atoms with Crippen molar-refractivity contribution in [1.29, 1.82) is 0 Å². The van der Waals surface area contributed by atoms with Gasteiger partial charge in [0.05, 0.1) is 30.0 Å². The van der Waals surface area contributed by atoms with Crippen molar-refractivity contribution in [1.82, 2.24) is 5.32 Å². The molecule has 0 fully saturated rings. The molecule has 0 spiro atoms. The summed E-state index contributed by atoms with van der Waals surface area (Å²) in [7, 11) is 2.97. The van der Waals surface area contributed by atoms with Crippen LogP contribution in [0.15, 0.2) is 30.3 Å². The lowest BCUT2D eigenvalue weighted by Gasteiger charge is -2.18. The number of rotatable bonds is 6. The van der Waals surface area contributed by atoms with Crippen LogP contribution in [0, 0.1) is 0 Å². The minimum Gasteiger partial charge on any atom is -0.495 e. The molecule has 0 heterocycles. The number of thiocarbonyl (C=S) groups is 1. The maximum Gasteiger partial charge on any atom is 0.266 e. The van der Waals surface area contributed by atoms with E-state index in [-0.39, 0.29) is 5.11 Å². The van der Waals surface area contributed by atoms with E-state index in [0.29, 0.717) is 38.0 Å². The van der Waals surface area contributed by atoms with E-state index in [2.05, 4.69) is 10.6 Å². The van der Waals surface area contributed by atoms with Crippen LogP contribution < -0.4 is 24.8 Å². The zero-order valence-corrected chi connectivity index (χ0v) is 18.2. The van der Waals surface area contributed by atoms with Gasteiger partial charge in [-0.05, 0) is 37.3 Å². The summed E-state index contributed by atoms with van der Waals surface area (Å²) in [6.07, 6.45) is -0.861. The highest BCUT2D eigenvalue weighted by Crippen LogP contribution is 2.35. The molecule has 0 aliphatic rings. The van der Waals surface area contributed by atoms with Crippen LogP contribution in [0.3, 0.4) is 0 Å². The number of nitrogens with one attached hydrogen (secondary N) is 2. The second-order valence-electron chi connectivity index (χ2n) is 5.47. The molecule has 28 heavy (non-hydrogen) atoms. The zero-order chi connectivity index (χ0) is 20.8. The first-order valence-corrected chi connectivity index (χ1v) is 9.44. The van der Waals surface area contributed by atoms with Gasteiger partial charge in [-0.3, -0.25) is 10.1 Å². The van der Waals surface area contributed by atoms with Crippen LogP contribution in [-0.4, -0.2) is 31.3 Å². The summed E-state index contributed by atoms with van der Waals surface area (Å²) in [5.41, 5.74) is 0.475. The second kappa shape index (κ2) is 10.0. The number of ether oxygens (including phenoxy) is 3. The van der Waals surface area contributed by atoms with Gasteiger partial charge in [0.25, 0.3) is 5.91 Å². The van der Waals surface area contributed by atoms with Crippen molar-refractivity contribution in [2.45, 2.75) is 13.0 Å². The molecular formula is C18H17Cl3N2O4S. The number of hydrogen-bond acceptors (Lipinski definition) is 5. The van der Waals surface area contributed by atoms with Crippen molar-refractivity contribution < 1.29 is 19.0 Å². The van der Waals surface area contributed by atoms with Gasteiger partial charge in [0, 0.05) is 17.2 Å². The van der Waals surface area contributed by atoms with E-state index in [4.69, 9.17) is 61.2 Å². The summed E-state index contributed by atoms with van der Waals surface area (Å²) in [6, 6.07) is 7.89. The lowest BCUT2D eigenvalue weighted by atomic mass is 10.2. The number of benzene rings is 2. The normalized spacial score (nSPS) is 11.4. The molecule has 0 saturated carbocycles. The number of anilines is 1. The minimum atomic E-state index is -0.861. The Morgan fingerprint density at radius 2 is 1.64 bits per heavy atom. The Morgan fingerprint density at radius 1 is 1.00 bits per heavy atom. The van der Waals surface area contributed by atoms with Gasteiger partial charge in [0.15, 0.2) is 11.2 Å². The Balaban J connectivity index is 2.03. The number of hydrogen-bond donors (Lipinski definition) is 2. The molecule has 1 atom stereocenters. The summed E-state index contributed by atoms with van der Waals surface area (Å²) in [6.45, 7) is 1.56. The lowest BCUT2D eigenvalue weighted by molar-refractivity contribution is -0.125. The van der Waals surface area contributed by atoms with Crippen molar-refractivity contribution in [3.63, 3.8) is 0 Å². The molecule has 1 amide bonds. The Bertz CT molecular complexity index is 895. The van der Waals surface area contributed by atoms with E-state index in [1.54, 1.807) is 31.2 Å². The molecular weight excluding hydrogens is 447 g/mol. The van der Waals surface area contributed by atoms with Crippen LogP contribution in [-0.2, 0) is 4.79 Å². The van der Waals surface area contributed by atoms with Gasteiger partial charge >= 0.3 is 0 Å². The average Bonchev–Trinajstić information content (AvgIpc) is 2.64. The molecule has 10 heteroatoms. The highest BCUT2D eigenvalue weighted by Gasteiger charge is 2.18. The van der Waals surface area contributed by atoms with Crippen molar-refractivity contribution in [3.8, 4) is 17.2 Å². The van der Waals surface area contributed by atoms with Gasteiger partial charge in [-0.1, -0.05) is 34.8 Å². The predicted octanol–water partition coefficient (Wildman–Crippen LogP) is 4.94. The third-order valence-corrected chi connectivity index (χ3v) is 4.56. The molecule has 0 aliphatic carbocycles. The minimum absolute atomic E-state index is 0.0466. The summed E-state index contributed by atoms with van der Waals surface area (Å²) >= 11 is 23.2. The van der Waals surface area contributed by atoms with Gasteiger partial charge in [0.2, 0.25) is 0 Å². The van der Waals surface area contributed by atoms with Crippen molar-refractivity contribution >= 4 is 63.7 Å². The smallest absolute Gasteiger partial charge is 0.266 e. The third-order valence-electron chi connectivity index (χ3n) is 3.53. The van der Waals surface area contributed by atoms with E-state index in [1.807, 2.05) is 0 Å². The SMILES string of the molecule is COc1cc(NC(=S)NC(=O)[C@H](C)Oc2ccc(Cl)cc2Cl)c(OC)cc1Cl. The van der Waals surface area contributed by atoms with Gasteiger partial charge in [0.1, 0.15) is 17.2 Å². The molecule has 0 bridgehead atoms. The van der Waals surface area contributed by atoms with Crippen LogP contribution in [0.4, 0.5) is 5.69 Å². The Labute approximate surface area is 183 Å². The maximum absolute atomic E-state index is 12.3. The molecule has 2 aromatic rings. The molecule has 6 nitrogen and oxygen atoms in total. The van der Waals surface area contributed by atoms with E-state index >= 15 is 0 Å². The largest absolute Gasteiger partial charge is 0.495 e. The maximum atomic E-state index is 12.3. The summed E-state index contributed by atoms with van der Waals surface area (Å²) < 4.78 is 16.0. The molecule has 2 N–H and O–H groups in total. The van der Waals surface area contributed by atoms with Crippen LogP contribution in [0.1, 0.15) is 6.92 Å². The Kier molecular flexibility index (Phi) is 8.00. The highest BCUT2D eigenvalue weighted by atomic mass is 35.5. The van der Waals surface area contributed by atoms with Crippen molar-refractivity contribution in [2.24, 2.45) is 0 Å². The number of carbonyl (C=O) groups is 1. The first kappa shape index (κ1) is 22.4. The number of methoxy groups -OCH3 is 2. The average molecular weight is 464 g/mol. The third kappa shape index (κ3) is 5.78. The second-order valence-corrected chi connectivity index (χ2v) is 7.12. The molecule has 150 valence electrons. The van der Waals surface area contributed by atoms with E-state index in [9.17, 15) is 4.79 Å². The summed E-state index contributed by atoms with van der Waals surface area (Å²) in [5, 5.41) is 6.59. The molecule has 0 unspecified atom stereocenters. The number of carbonyl (C=O) groups excluding carboxylic acids is 1. The van der Waals surface area contributed by atoms with Gasteiger partial charge in [-0.2, -0.15) is 0 Å². The Morgan fingerprint density at radius 3 is 2.25 bits per heavy atom. The fraction of sp³-hybridized carbons (Fsp3) is 0.222. The summed E-state index contributed by atoms with van der Waals surface area (Å²) in [4.78, 5) is 12.3. The van der Waals surface area contributed by atoms with Crippen molar-refractivity contribution in [2.75, 3.05) is 19.5 Å². The van der Waals surface area contributed by atoms with Gasteiger partial charge in [-0.25, -0.2) is 0 Å². The lowest BCUT2D eigenvalue weighted by Crippen LogP contribution is -2.42. The summed E-state index contributed by atoms with van der Waals surface area (Å²) in [5.74, 6) is 0.716. The fourth-order valence-corrected chi connectivity index (χ4v) is 3.03. The fourth-order valence-electron chi connectivity index (χ4n) is 2.14. The first-order valence-electron chi connectivity index (χ1n) is 7.90. The van der Waals surface area contributed by atoms with Crippen LogP contribution >= 0.6 is 47.0 Å². The van der Waals surface area contributed by atoms with E-state index < -0.39 is 12.0 Å². The van der Waals surface area contributed by atoms with Crippen LogP contribution in [0.2, 0.25) is 15.1 Å². The van der Waals surface area contributed by atoms with Crippen molar-refractivity contribution in [3.05, 3.63) is 45.4 Å². The topological polar surface area (TPSA) is 68.8 Å². The number of halogens is 3. The standard InChI is InChI=1S/C18H17Cl3N2O4S/c1-9(27-14-5-4-10(19)6-11(14)20)17(24)23-18(28)22-13-8-15(25-2)12(21)7-16(13)26-3/h4-9H,1-3H3,(H2,22,23,24,28)/t9-/m0/s1. The molecule has 0 aliphatic heterocycles.